The molecular weight excluding hydrogens is 404 g/mol. The number of fused-ring (bicyclic) bond motifs is 4. The predicted molar refractivity (Wildman–Crippen MR) is 122 cm³/mol. The minimum absolute atomic E-state index is 0.0272. The largest absolute Gasteiger partial charge is 0.497 e. The molecule has 5 rings (SSSR count). The van der Waals surface area contributed by atoms with E-state index in [1.807, 2.05) is 41.4 Å². The zero-order chi connectivity index (χ0) is 22.3. The van der Waals surface area contributed by atoms with Crippen molar-refractivity contribution >= 4 is 16.8 Å². The number of carbonyl (C=O) groups is 1. The number of nitrogens with zero attached hydrogens (tertiary/aromatic N) is 3. The molecule has 0 radical (unpaired) electrons. The van der Waals surface area contributed by atoms with E-state index in [1.165, 1.54) is 10.9 Å². The number of hydrogen-bond donors (Lipinski definition) is 2. The van der Waals surface area contributed by atoms with Gasteiger partial charge in [-0.1, -0.05) is 6.07 Å². The Labute approximate surface area is 188 Å². The molecule has 1 amide bonds. The van der Waals surface area contributed by atoms with Gasteiger partial charge in [0.25, 0.3) is 0 Å². The number of pyridine rings is 1. The number of carbonyl (C=O) groups excluding carboxylic acids is 1. The van der Waals surface area contributed by atoms with Crippen molar-refractivity contribution < 1.29 is 14.6 Å². The van der Waals surface area contributed by atoms with Crippen LogP contribution in [0.25, 0.3) is 10.9 Å². The summed E-state index contributed by atoms with van der Waals surface area (Å²) in [6.45, 7) is 4.67. The highest BCUT2D eigenvalue weighted by Crippen LogP contribution is 2.49. The summed E-state index contributed by atoms with van der Waals surface area (Å²) in [4.78, 5) is 24.5. The Morgan fingerprint density at radius 1 is 1.28 bits per heavy atom. The van der Waals surface area contributed by atoms with Crippen LogP contribution in [0.3, 0.4) is 0 Å². The molecule has 2 aliphatic rings. The third-order valence-corrected chi connectivity index (χ3v) is 7.27. The van der Waals surface area contributed by atoms with Crippen molar-refractivity contribution in [1.82, 2.24) is 19.8 Å². The van der Waals surface area contributed by atoms with Gasteiger partial charge in [0, 0.05) is 67.4 Å². The summed E-state index contributed by atoms with van der Waals surface area (Å²) in [5, 5.41) is 11.6. The first-order valence-corrected chi connectivity index (χ1v) is 11.2. The number of aromatic nitrogens is 2. The van der Waals surface area contributed by atoms with E-state index in [2.05, 4.69) is 20.9 Å². The van der Waals surface area contributed by atoms with Crippen LogP contribution in [0.2, 0.25) is 0 Å². The fourth-order valence-corrected chi connectivity index (χ4v) is 5.64. The lowest BCUT2D eigenvalue weighted by atomic mass is 9.68. The lowest BCUT2D eigenvalue weighted by Gasteiger charge is -2.50. The number of hydrogen-bond acceptors (Lipinski definition) is 5. The van der Waals surface area contributed by atoms with Crippen molar-refractivity contribution in [1.29, 1.82) is 0 Å². The van der Waals surface area contributed by atoms with Crippen molar-refractivity contribution in [3.8, 4) is 5.75 Å². The molecule has 2 aliphatic heterocycles. The fraction of sp³-hybridized carbons (Fsp3) is 0.440. The van der Waals surface area contributed by atoms with Crippen LogP contribution in [0.4, 0.5) is 0 Å². The first kappa shape index (κ1) is 21.0. The zero-order valence-corrected chi connectivity index (χ0v) is 18.7. The van der Waals surface area contributed by atoms with E-state index in [0.29, 0.717) is 6.54 Å². The molecule has 0 aliphatic carbocycles. The Kier molecular flexibility index (Phi) is 5.39. The lowest BCUT2D eigenvalue weighted by molar-refractivity contribution is -0.130. The molecule has 3 aromatic rings. The van der Waals surface area contributed by atoms with Gasteiger partial charge >= 0.3 is 0 Å². The number of H-pyrrole nitrogens is 1. The number of benzene rings is 1. The third kappa shape index (κ3) is 3.45. The molecule has 1 spiro atoms. The summed E-state index contributed by atoms with van der Waals surface area (Å²) in [6, 6.07) is 12.0. The summed E-state index contributed by atoms with van der Waals surface area (Å²) in [5.41, 5.74) is 4.31. The molecule has 2 aromatic heterocycles. The van der Waals surface area contributed by atoms with Crippen molar-refractivity contribution in [2.45, 2.75) is 37.8 Å². The maximum Gasteiger partial charge on any atom is 0.219 e. The molecular formula is C25H30N4O3. The van der Waals surface area contributed by atoms with Crippen LogP contribution in [-0.4, -0.2) is 64.1 Å². The number of aliphatic hydroxyl groups is 1. The first-order valence-electron chi connectivity index (χ1n) is 11.2. The molecule has 1 aromatic carbocycles. The Morgan fingerprint density at radius 3 is 2.75 bits per heavy atom. The highest BCUT2D eigenvalue weighted by molar-refractivity contribution is 5.88. The lowest BCUT2D eigenvalue weighted by Crippen LogP contribution is -2.54. The Bertz CT molecular complexity index is 1120. The average Bonchev–Trinajstić information content (AvgIpc) is 3.19. The van der Waals surface area contributed by atoms with E-state index in [9.17, 15) is 9.90 Å². The van der Waals surface area contributed by atoms with Gasteiger partial charge in [0.15, 0.2) is 0 Å². The molecule has 1 atom stereocenters. The number of rotatable bonds is 4. The van der Waals surface area contributed by atoms with Crippen LogP contribution in [0.1, 0.15) is 42.8 Å². The van der Waals surface area contributed by atoms with Gasteiger partial charge in [-0.05, 0) is 42.7 Å². The van der Waals surface area contributed by atoms with Gasteiger partial charge in [-0.3, -0.25) is 14.7 Å². The van der Waals surface area contributed by atoms with E-state index in [1.54, 1.807) is 14.0 Å². The smallest absolute Gasteiger partial charge is 0.219 e. The molecule has 0 saturated carbocycles. The number of amides is 1. The second-order valence-electron chi connectivity index (χ2n) is 9.04. The summed E-state index contributed by atoms with van der Waals surface area (Å²) in [6.07, 6.45) is 3.61. The van der Waals surface area contributed by atoms with Gasteiger partial charge in [0.05, 0.1) is 25.5 Å². The van der Waals surface area contributed by atoms with Crippen molar-refractivity contribution in [3.05, 3.63) is 59.5 Å². The molecule has 168 valence electrons. The molecule has 0 unspecified atom stereocenters. The summed E-state index contributed by atoms with van der Waals surface area (Å²) in [7, 11) is 1.67. The van der Waals surface area contributed by atoms with E-state index in [4.69, 9.17) is 4.74 Å². The summed E-state index contributed by atoms with van der Waals surface area (Å²) in [5.74, 6) is 0.945. The number of likely N-dealkylation sites (tertiary alicyclic amines) is 1. The van der Waals surface area contributed by atoms with Gasteiger partial charge in [-0.25, -0.2) is 0 Å². The summed E-state index contributed by atoms with van der Waals surface area (Å²) >= 11 is 0. The third-order valence-electron chi connectivity index (χ3n) is 7.27. The average molecular weight is 435 g/mol. The standard InChI is InChI=1S/C25H30N4O3/c1-17(31)28-11-8-25(9-12-28)16-29(14-18-5-3-4-10-26-18)22(15-30)24-23(25)20-7-6-19(32-2)13-21(20)27-24/h3-7,10,13,22,27,30H,8-9,11-12,14-16H2,1-2H3/t22-/m1/s1. The van der Waals surface area contributed by atoms with Gasteiger partial charge in [-0.2, -0.15) is 0 Å². The minimum Gasteiger partial charge on any atom is -0.497 e. The van der Waals surface area contributed by atoms with Crippen LogP contribution in [0.15, 0.2) is 42.6 Å². The van der Waals surface area contributed by atoms with Crippen LogP contribution >= 0.6 is 0 Å². The SMILES string of the molecule is COc1ccc2c3c([nH]c2c1)[C@@H](CO)N(Cc1ccccn1)CC31CCN(C(C)=O)CC1. The van der Waals surface area contributed by atoms with Gasteiger partial charge in [0.1, 0.15) is 5.75 Å². The number of ether oxygens (including phenoxy) is 1. The minimum atomic E-state index is -0.137. The Morgan fingerprint density at radius 2 is 2.09 bits per heavy atom. The van der Waals surface area contributed by atoms with Crippen molar-refractivity contribution in [2.24, 2.45) is 0 Å². The molecule has 7 heteroatoms. The summed E-state index contributed by atoms with van der Waals surface area (Å²) < 4.78 is 5.45. The number of aromatic amines is 1. The van der Waals surface area contributed by atoms with E-state index >= 15 is 0 Å². The van der Waals surface area contributed by atoms with Crippen LogP contribution < -0.4 is 4.74 Å². The van der Waals surface area contributed by atoms with E-state index in [-0.39, 0.29) is 24.0 Å². The van der Waals surface area contributed by atoms with Crippen molar-refractivity contribution in [2.75, 3.05) is 33.4 Å². The monoisotopic (exact) mass is 434 g/mol. The highest BCUT2D eigenvalue weighted by atomic mass is 16.5. The fourth-order valence-electron chi connectivity index (χ4n) is 5.64. The quantitative estimate of drug-likeness (QED) is 0.660. The number of nitrogens with one attached hydrogen (secondary N) is 1. The normalized spacial score (nSPS) is 20.5. The zero-order valence-electron chi connectivity index (χ0n) is 18.7. The number of piperidine rings is 1. The van der Waals surface area contributed by atoms with Gasteiger partial charge < -0.3 is 19.7 Å². The number of aliphatic hydroxyl groups excluding tert-OH is 1. The molecule has 0 bridgehead atoms. The molecule has 4 heterocycles. The molecule has 32 heavy (non-hydrogen) atoms. The predicted octanol–water partition coefficient (Wildman–Crippen LogP) is 3.00. The van der Waals surface area contributed by atoms with Crippen LogP contribution in [0.5, 0.6) is 5.75 Å². The Hall–Kier alpha value is -2.90. The maximum atomic E-state index is 12.0. The highest BCUT2D eigenvalue weighted by Gasteiger charge is 2.47. The second kappa shape index (κ2) is 8.22. The van der Waals surface area contributed by atoms with Crippen molar-refractivity contribution in [3.63, 3.8) is 0 Å². The van der Waals surface area contributed by atoms with Crippen LogP contribution in [0, 0.1) is 0 Å². The van der Waals surface area contributed by atoms with E-state index < -0.39 is 0 Å². The maximum absolute atomic E-state index is 12.0. The molecule has 7 nitrogen and oxygen atoms in total. The van der Waals surface area contributed by atoms with E-state index in [0.717, 1.165) is 55.1 Å². The first-order chi connectivity index (χ1) is 15.5. The molecule has 1 saturated heterocycles. The molecule has 1 fully saturated rings. The van der Waals surface area contributed by atoms with Gasteiger partial charge in [0.2, 0.25) is 5.91 Å². The second-order valence-corrected chi connectivity index (χ2v) is 9.04. The molecule has 2 N–H and O–H groups in total. The number of methoxy groups -OCH3 is 1. The Balaban J connectivity index is 1.62. The topological polar surface area (TPSA) is 81.7 Å². The van der Waals surface area contributed by atoms with Crippen LogP contribution in [-0.2, 0) is 16.8 Å². The van der Waals surface area contributed by atoms with Gasteiger partial charge in [-0.15, -0.1) is 0 Å².